The van der Waals surface area contributed by atoms with E-state index in [0.29, 0.717) is 9.21 Å². The molecule has 0 N–H and O–H groups in total. The zero-order valence-corrected chi connectivity index (χ0v) is 12.2. The molecule has 0 amide bonds. The van der Waals surface area contributed by atoms with E-state index in [2.05, 4.69) is 0 Å². The number of halogens is 2. The van der Waals surface area contributed by atoms with Crippen LogP contribution in [0.1, 0.15) is 9.67 Å². The van der Waals surface area contributed by atoms with Crippen molar-refractivity contribution < 1.29 is 14.5 Å². The molecule has 5 nitrogen and oxygen atoms in total. The van der Waals surface area contributed by atoms with Crippen LogP contribution in [0.3, 0.4) is 0 Å². The molecule has 0 fully saturated rings. The highest BCUT2D eigenvalue weighted by Gasteiger charge is 2.20. The number of ether oxygens (including phenoxy) is 1. The fourth-order valence-electron chi connectivity index (χ4n) is 1.46. The number of rotatable bonds is 5. The molecule has 0 spiro atoms. The van der Waals surface area contributed by atoms with Gasteiger partial charge >= 0.3 is 5.69 Å². The van der Waals surface area contributed by atoms with Gasteiger partial charge in [0.25, 0.3) is 0 Å². The number of nitrogens with zero attached hydrogens (tertiary/aromatic N) is 1. The van der Waals surface area contributed by atoms with E-state index in [4.69, 9.17) is 27.9 Å². The quantitative estimate of drug-likeness (QED) is 0.467. The molecule has 2 rings (SSSR count). The van der Waals surface area contributed by atoms with Crippen LogP contribution in [0.4, 0.5) is 5.69 Å². The summed E-state index contributed by atoms with van der Waals surface area (Å²) in [5.41, 5.74) is -0.283. The number of para-hydroxylation sites is 1. The molecule has 1 heterocycles. The van der Waals surface area contributed by atoms with Crippen LogP contribution in [0.5, 0.6) is 5.75 Å². The Labute approximate surface area is 127 Å². The van der Waals surface area contributed by atoms with Gasteiger partial charge in [0.15, 0.2) is 6.61 Å². The predicted octanol–water partition coefficient (Wildman–Crippen LogP) is 4.22. The first-order valence-electron chi connectivity index (χ1n) is 5.33. The van der Waals surface area contributed by atoms with E-state index in [1.54, 1.807) is 12.1 Å². The lowest BCUT2D eigenvalue weighted by molar-refractivity contribution is -0.385. The third-order valence-electron chi connectivity index (χ3n) is 2.34. The van der Waals surface area contributed by atoms with Gasteiger partial charge in [0.05, 0.1) is 19.2 Å². The monoisotopic (exact) mass is 331 g/mol. The highest BCUT2D eigenvalue weighted by atomic mass is 35.5. The Hall–Kier alpha value is -1.63. The molecule has 0 saturated heterocycles. The van der Waals surface area contributed by atoms with Gasteiger partial charge in [-0.25, -0.2) is 0 Å². The Morgan fingerprint density at radius 3 is 2.65 bits per heavy atom. The Kier molecular flexibility index (Phi) is 4.59. The molecule has 2 aromatic rings. The molecule has 0 unspecified atom stereocenters. The number of benzene rings is 1. The first kappa shape index (κ1) is 14.8. The maximum Gasteiger partial charge on any atom is 0.312 e. The van der Waals surface area contributed by atoms with Crippen molar-refractivity contribution in [1.29, 1.82) is 0 Å². The van der Waals surface area contributed by atoms with Crippen LogP contribution in [0.25, 0.3) is 0 Å². The number of nitro benzene ring substituents is 1. The fraction of sp³-hybridized carbons (Fsp3) is 0.0833. The standard InChI is InChI=1S/C12H7Cl2NO4S/c13-7-2-1-3-8(15(17)18)12(7)19-6-9(16)10-4-5-11(14)20-10/h1-5H,6H2. The van der Waals surface area contributed by atoms with Crippen LogP contribution in [-0.2, 0) is 0 Å². The van der Waals surface area contributed by atoms with Crippen molar-refractivity contribution in [3.8, 4) is 5.75 Å². The Morgan fingerprint density at radius 2 is 2.05 bits per heavy atom. The van der Waals surface area contributed by atoms with Crippen LogP contribution in [0, 0.1) is 10.1 Å². The second-order valence-electron chi connectivity index (χ2n) is 3.66. The number of ketones is 1. The molecule has 20 heavy (non-hydrogen) atoms. The molecule has 104 valence electrons. The summed E-state index contributed by atoms with van der Waals surface area (Å²) >= 11 is 12.7. The van der Waals surface area contributed by atoms with Crippen molar-refractivity contribution >= 4 is 46.0 Å². The normalized spacial score (nSPS) is 10.3. The summed E-state index contributed by atoms with van der Waals surface area (Å²) in [6.45, 7) is -0.346. The summed E-state index contributed by atoms with van der Waals surface area (Å²) in [5, 5.41) is 10.9. The van der Waals surface area contributed by atoms with Crippen LogP contribution >= 0.6 is 34.5 Å². The second kappa shape index (κ2) is 6.21. The Morgan fingerprint density at radius 1 is 1.30 bits per heavy atom. The highest BCUT2D eigenvalue weighted by Crippen LogP contribution is 2.34. The lowest BCUT2D eigenvalue weighted by atomic mass is 10.3. The van der Waals surface area contributed by atoms with Crippen molar-refractivity contribution in [3.63, 3.8) is 0 Å². The van der Waals surface area contributed by atoms with Gasteiger partial charge in [-0.2, -0.15) is 0 Å². The molecule has 0 aliphatic carbocycles. The number of nitro groups is 1. The molecule has 0 bridgehead atoms. The molecular formula is C12H7Cl2NO4S. The molecule has 1 aromatic heterocycles. The van der Waals surface area contributed by atoms with Gasteiger partial charge in [-0.05, 0) is 18.2 Å². The van der Waals surface area contributed by atoms with Gasteiger partial charge in [-0.3, -0.25) is 14.9 Å². The first-order chi connectivity index (χ1) is 9.49. The Balaban J connectivity index is 2.15. The van der Waals surface area contributed by atoms with Crippen LogP contribution in [-0.4, -0.2) is 17.3 Å². The van der Waals surface area contributed by atoms with Crippen molar-refractivity contribution in [1.82, 2.24) is 0 Å². The van der Waals surface area contributed by atoms with E-state index in [9.17, 15) is 14.9 Å². The summed E-state index contributed by atoms with van der Waals surface area (Å²) in [7, 11) is 0. The van der Waals surface area contributed by atoms with E-state index < -0.39 is 4.92 Å². The van der Waals surface area contributed by atoms with Gasteiger partial charge < -0.3 is 4.74 Å². The van der Waals surface area contributed by atoms with E-state index in [0.717, 1.165) is 11.3 Å². The van der Waals surface area contributed by atoms with Crippen LogP contribution in [0.2, 0.25) is 9.36 Å². The summed E-state index contributed by atoms with van der Waals surface area (Å²) in [6.07, 6.45) is 0. The highest BCUT2D eigenvalue weighted by molar-refractivity contribution is 7.18. The molecular weight excluding hydrogens is 325 g/mol. The molecule has 1 aromatic carbocycles. The maximum atomic E-state index is 11.8. The molecule has 0 atom stereocenters. The van der Waals surface area contributed by atoms with Crippen LogP contribution in [0.15, 0.2) is 30.3 Å². The average Bonchev–Trinajstić information content (AvgIpc) is 2.83. The zero-order valence-electron chi connectivity index (χ0n) is 9.84. The summed E-state index contributed by atoms with van der Waals surface area (Å²) in [6, 6.07) is 7.31. The number of hydrogen-bond donors (Lipinski definition) is 0. The Bertz CT molecular complexity index is 671. The van der Waals surface area contributed by atoms with Crippen molar-refractivity contribution in [2.45, 2.75) is 0 Å². The summed E-state index contributed by atoms with van der Waals surface area (Å²) < 4.78 is 5.68. The van der Waals surface area contributed by atoms with Crippen LogP contribution < -0.4 is 4.74 Å². The zero-order chi connectivity index (χ0) is 14.7. The van der Waals surface area contributed by atoms with Gasteiger partial charge in [0.1, 0.15) is 0 Å². The van der Waals surface area contributed by atoms with E-state index in [1.807, 2.05) is 0 Å². The van der Waals surface area contributed by atoms with Crippen molar-refractivity contribution in [2.75, 3.05) is 6.61 Å². The number of hydrogen-bond acceptors (Lipinski definition) is 5. The van der Waals surface area contributed by atoms with Gasteiger partial charge in [0, 0.05) is 6.07 Å². The molecule has 8 heteroatoms. The smallest absolute Gasteiger partial charge is 0.312 e. The molecule has 0 aliphatic rings. The van der Waals surface area contributed by atoms with Gasteiger partial charge in [-0.15, -0.1) is 11.3 Å². The predicted molar refractivity (Wildman–Crippen MR) is 77.3 cm³/mol. The largest absolute Gasteiger partial charge is 0.477 e. The topological polar surface area (TPSA) is 69.4 Å². The van der Waals surface area contributed by atoms with Crippen molar-refractivity contribution in [2.24, 2.45) is 0 Å². The van der Waals surface area contributed by atoms with Gasteiger partial charge in [-0.1, -0.05) is 29.3 Å². The second-order valence-corrected chi connectivity index (χ2v) is 5.78. The maximum absolute atomic E-state index is 11.8. The fourth-order valence-corrected chi connectivity index (χ4v) is 2.65. The van der Waals surface area contributed by atoms with Gasteiger partial charge in [0.2, 0.25) is 11.5 Å². The van der Waals surface area contributed by atoms with E-state index in [-0.39, 0.29) is 28.8 Å². The summed E-state index contributed by atoms with van der Waals surface area (Å²) in [5.74, 6) is -0.439. The minimum atomic E-state index is -0.617. The third-order valence-corrected chi connectivity index (χ3v) is 3.91. The lowest BCUT2D eigenvalue weighted by Crippen LogP contribution is -2.11. The number of Topliss-reactive ketones (excluding diaryl/α,β-unsaturated/α-hetero) is 1. The molecule has 0 aliphatic heterocycles. The SMILES string of the molecule is O=C(COc1c(Cl)cccc1[N+](=O)[O-])c1ccc(Cl)s1. The van der Waals surface area contributed by atoms with E-state index in [1.165, 1.54) is 18.2 Å². The number of thiophene rings is 1. The molecule has 0 saturated carbocycles. The summed E-state index contributed by atoms with van der Waals surface area (Å²) in [4.78, 5) is 22.5. The molecule has 0 radical (unpaired) electrons. The van der Waals surface area contributed by atoms with Crippen molar-refractivity contribution in [3.05, 3.63) is 54.7 Å². The first-order valence-corrected chi connectivity index (χ1v) is 6.90. The van der Waals surface area contributed by atoms with E-state index >= 15 is 0 Å². The average molecular weight is 332 g/mol. The lowest BCUT2D eigenvalue weighted by Gasteiger charge is -2.06. The number of carbonyl (C=O) groups is 1. The number of carbonyl (C=O) groups excluding carboxylic acids is 1. The third kappa shape index (κ3) is 3.27. The minimum Gasteiger partial charge on any atom is -0.477 e. The minimum absolute atomic E-state index is 0.0798.